The highest BCUT2D eigenvalue weighted by Gasteiger charge is 2.23. The average Bonchev–Trinajstić information content (AvgIpc) is 3.36. The fraction of sp³-hybridized carbons (Fsp3) is 0.250. The number of hydrogen-bond acceptors (Lipinski definition) is 8. The van der Waals surface area contributed by atoms with Gasteiger partial charge in [0.25, 0.3) is 5.91 Å². The molecule has 37 heavy (non-hydrogen) atoms. The third-order valence-electron chi connectivity index (χ3n) is 5.90. The third-order valence-corrected chi connectivity index (χ3v) is 7.03. The second kappa shape index (κ2) is 11.4. The summed E-state index contributed by atoms with van der Waals surface area (Å²) in [5.74, 6) is 0.539. The first kappa shape index (κ1) is 26.1. The number of thiophene rings is 1. The number of carbonyl (C=O) groups is 2. The minimum atomic E-state index is -0.834. The number of fused-ring (bicyclic) bond motifs is 1. The summed E-state index contributed by atoms with van der Waals surface area (Å²) in [4.78, 5) is 30.8. The molecule has 9 heteroatoms. The predicted molar refractivity (Wildman–Crippen MR) is 143 cm³/mol. The van der Waals surface area contributed by atoms with Crippen molar-refractivity contribution in [1.29, 1.82) is 0 Å². The number of aliphatic hydroxyl groups excluding tert-OH is 1. The van der Waals surface area contributed by atoms with Crippen LogP contribution in [0, 0.1) is 6.92 Å². The molecule has 0 saturated carbocycles. The van der Waals surface area contributed by atoms with E-state index in [1.807, 2.05) is 17.5 Å². The summed E-state index contributed by atoms with van der Waals surface area (Å²) in [6.45, 7) is 3.63. The van der Waals surface area contributed by atoms with E-state index in [1.165, 1.54) is 18.7 Å². The Hall–Kier alpha value is -3.95. The highest BCUT2D eigenvalue weighted by molar-refractivity contribution is 7.18. The number of aromatic nitrogens is 1. The average molecular weight is 521 g/mol. The molecule has 0 aliphatic carbocycles. The maximum atomic E-state index is 13.3. The van der Waals surface area contributed by atoms with Crippen molar-refractivity contribution in [1.82, 2.24) is 10.3 Å². The Labute approximate surface area is 218 Å². The van der Waals surface area contributed by atoms with Crippen LogP contribution in [0.15, 0.2) is 53.9 Å². The van der Waals surface area contributed by atoms with Gasteiger partial charge in [-0.15, -0.1) is 11.3 Å². The first-order valence-corrected chi connectivity index (χ1v) is 12.5. The number of carbonyl (C=O) groups excluding carboxylic acids is 2. The molecule has 0 spiro atoms. The molecule has 2 heterocycles. The number of ether oxygens (including phenoxy) is 3. The van der Waals surface area contributed by atoms with E-state index in [2.05, 4.69) is 23.3 Å². The maximum absolute atomic E-state index is 13.3. The summed E-state index contributed by atoms with van der Waals surface area (Å²) in [6, 6.07) is 13.2. The van der Waals surface area contributed by atoms with E-state index in [9.17, 15) is 9.59 Å². The van der Waals surface area contributed by atoms with Gasteiger partial charge in [-0.3, -0.25) is 9.59 Å². The summed E-state index contributed by atoms with van der Waals surface area (Å²) < 4.78 is 17.4. The Morgan fingerprint density at radius 2 is 1.81 bits per heavy atom. The topological polar surface area (TPSA) is 107 Å². The molecule has 0 aliphatic heterocycles. The minimum Gasteiger partial charge on any atom is -0.494 e. The molecule has 2 N–H and O–H groups in total. The van der Waals surface area contributed by atoms with E-state index in [1.54, 1.807) is 49.6 Å². The van der Waals surface area contributed by atoms with Crippen molar-refractivity contribution >= 4 is 33.1 Å². The monoisotopic (exact) mass is 520 g/mol. The number of nitrogens with one attached hydrogen (secondary N) is 1. The first-order valence-electron chi connectivity index (χ1n) is 11.7. The Kier molecular flexibility index (Phi) is 8.05. The van der Waals surface area contributed by atoms with E-state index < -0.39 is 11.9 Å². The van der Waals surface area contributed by atoms with Gasteiger partial charge in [0.2, 0.25) is 5.78 Å². The van der Waals surface area contributed by atoms with Crippen LogP contribution < -0.4 is 19.5 Å². The second-order valence-electron chi connectivity index (χ2n) is 8.35. The van der Waals surface area contributed by atoms with Gasteiger partial charge in [-0.1, -0.05) is 18.2 Å². The number of benzene rings is 2. The Morgan fingerprint density at radius 3 is 2.54 bits per heavy atom. The molecule has 1 atom stereocenters. The van der Waals surface area contributed by atoms with Crippen molar-refractivity contribution < 1.29 is 28.9 Å². The molecule has 0 fully saturated rings. The number of Topliss-reactive ketones (excluding diaryl/α,β-unsaturated/α-hetero) is 1. The lowest BCUT2D eigenvalue weighted by atomic mass is 10.0. The van der Waals surface area contributed by atoms with E-state index >= 15 is 0 Å². The molecule has 8 nitrogen and oxygen atoms in total. The summed E-state index contributed by atoms with van der Waals surface area (Å²) in [5, 5.41) is 14.8. The van der Waals surface area contributed by atoms with Gasteiger partial charge < -0.3 is 24.6 Å². The zero-order chi connectivity index (χ0) is 26.5. The largest absolute Gasteiger partial charge is 0.494 e. The van der Waals surface area contributed by atoms with Crippen LogP contribution in [0.3, 0.4) is 0 Å². The number of amides is 1. The molecule has 1 amide bonds. The molecule has 4 aromatic rings. The van der Waals surface area contributed by atoms with Crippen molar-refractivity contribution in [2.75, 3.05) is 27.4 Å². The zero-order valence-corrected chi connectivity index (χ0v) is 21.8. The SMILES string of the molecule is COc1cc(C(=O)N[C@@H](C)C(=O)c2ccc(OC)c(-c3csc4c(C)cccc34)n2)ccc1OCCO. The lowest BCUT2D eigenvalue weighted by molar-refractivity contribution is 0.0863. The van der Waals surface area contributed by atoms with Gasteiger partial charge in [-0.2, -0.15) is 0 Å². The minimum absolute atomic E-state index is 0.102. The molecule has 0 radical (unpaired) electrons. The van der Waals surface area contributed by atoms with E-state index in [0.29, 0.717) is 28.5 Å². The molecule has 0 saturated heterocycles. The number of aliphatic hydroxyl groups is 1. The zero-order valence-electron chi connectivity index (χ0n) is 21.0. The maximum Gasteiger partial charge on any atom is 0.252 e. The quantitative estimate of drug-likeness (QED) is 0.293. The van der Waals surface area contributed by atoms with Gasteiger partial charge in [-0.05, 0) is 49.7 Å². The molecule has 0 aliphatic rings. The van der Waals surface area contributed by atoms with Crippen molar-refractivity contribution in [3.05, 3.63) is 70.7 Å². The van der Waals surface area contributed by atoms with Crippen molar-refractivity contribution in [2.24, 2.45) is 0 Å². The lowest BCUT2D eigenvalue weighted by Crippen LogP contribution is -2.38. The van der Waals surface area contributed by atoms with E-state index in [0.717, 1.165) is 15.6 Å². The van der Waals surface area contributed by atoms with Crippen LogP contribution in [0.25, 0.3) is 21.3 Å². The number of nitrogens with zero attached hydrogens (tertiary/aromatic N) is 1. The van der Waals surface area contributed by atoms with Crippen LogP contribution >= 0.6 is 11.3 Å². The molecule has 2 aromatic heterocycles. The molecule has 0 unspecified atom stereocenters. The smallest absolute Gasteiger partial charge is 0.252 e. The van der Waals surface area contributed by atoms with Gasteiger partial charge in [0.1, 0.15) is 23.7 Å². The normalized spacial score (nSPS) is 11.7. The fourth-order valence-corrected chi connectivity index (χ4v) is 5.01. The summed E-state index contributed by atoms with van der Waals surface area (Å²) in [5.41, 5.74) is 3.16. The van der Waals surface area contributed by atoms with E-state index in [4.69, 9.17) is 19.3 Å². The summed E-state index contributed by atoms with van der Waals surface area (Å²) in [7, 11) is 3.03. The number of aryl methyl sites for hydroxylation is 1. The number of ketones is 1. The van der Waals surface area contributed by atoms with Crippen LogP contribution in [0.4, 0.5) is 0 Å². The third kappa shape index (κ3) is 5.42. The van der Waals surface area contributed by atoms with Crippen LogP contribution in [0.1, 0.15) is 33.3 Å². The standard InChI is InChI=1S/C28H28N2O6S/c1-16-6-5-7-19-20(15-37-27(16)19)25-23(34-3)11-9-21(30-25)26(32)17(2)29-28(33)18-8-10-22(36-13-12-31)24(14-18)35-4/h5-11,14-15,17,31H,12-13H2,1-4H3,(H,29,33)/t17-/m0/s1. The molecule has 0 bridgehead atoms. The number of rotatable bonds is 10. The van der Waals surface area contributed by atoms with Crippen LogP contribution in [-0.2, 0) is 0 Å². The number of methoxy groups -OCH3 is 2. The lowest BCUT2D eigenvalue weighted by Gasteiger charge is -2.15. The van der Waals surface area contributed by atoms with Crippen LogP contribution in [0.2, 0.25) is 0 Å². The van der Waals surface area contributed by atoms with Gasteiger partial charge in [0, 0.05) is 26.6 Å². The van der Waals surface area contributed by atoms with Gasteiger partial charge in [0.15, 0.2) is 11.5 Å². The second-order valence-corrected chi connectivity index (χ2v) is 9.23. The fourth-order valence-electron chi connectivity index (χ4n) is 3.98. The first-order chi connectivity index (χ1) is 17.9. The summed E-state index contributed by atoms with van der Waals surface area (Å²) in [6.07, 6.45) is 0. The van der Waals surface area contributed by atoms with Gasteiger partial charge >= 0.3 is 0 Å². The van der Waals surface area contributed by atoms with Crippen LogP contribution in [0.5, 0.6) is 17.2 Å². The predicted octanol–water partition coefficient (Wildman–Crippen LogP) is 4.66. The molecular weight excluding hydrogens is 492 g/mol. The van der Waals surface area contributed by atoms with Crippen molar-refractivity contribution in [3.63, 3.8) is 0 Å². The van der Waals surface area contributed by atoms with Crippen LogP contribution in [-0.4, -0.2) is 55.3 Å². The number of hydrogen-bond donors (Lipinski definition) is 2. The highest BCUT2D eigenvalue weighted by atomic mass is 32.1. The molecular formula is C28H28N2O6S. The van der Waals surface area contributed by atoms with Gasteiger partial charge in [-0.25, -0.2) is 4.98 Å². The van der Waals surface area contributed by atoms with E-state index in [-0.39, 0.29) is 24.7 Å². The Bertz CT molecular complexity index is 1450. The molecule has 2 aromatic carbocycles. The molecule has 192 valence electrons. The number of pyridine rings is 1. The Morgan fingerprint density at radius 1 is 1.05 bits per heavy atom. The molecule has 4 rings (SSSR count). The Balaban J connectivity index is 1.57. The van der Waals surface area contributed by atoms with Crippen molar-refractivity contribution in [2.45, 2.75) is 19.9 Å². The summed E-state index contributed by atoms with van der Waals surface area (Å²) >= 11 is 1.62. The van der Waals surface area contributed by atoms with Gasteiger partial charge in [0.05, 0.1) is 26.9 Å². The highest BCUT2D eigenvalue weighted by Crippen LogP contribution is 2.38. The van der Waals surface area contributed by atoms with Crippen molar-refractivity contribution in [3.8, 4) is 28.5 Å².